The maximum absolute atomic E-state index is 13.0. The van der Waals surface area contributed by atoms with Crippen LogP contribution in [0.15, 0.2) is 18.2 Å². The van der Waals surface area contributed by atoms with Crippen molar-refractivity contribution in [1.82, 2.24) is 0 Å². The first-order chi connectivity index (χ1) is 8.06. The molecule has 0 saturated heterocycles. The largest absolute Gasteiger partial charge is 0.328 e. The molecule has 2 nitrogen and oxygen atoms in total. The number of nitrogens with two attached hydrogens (primary N) is 1. The molecule has 2 unspecified atom stereocenters. The molecule has 1 aromatic rings. The maximum Gasteiger partial charge on any atom is 0.159 e. The molecule has 2 atom stereocenters. The lowest BCUT2D eigenvalue weighted by Crippen LogP contribution is -2.19. The van der Waals surface area contributed by atoms with E-state index in [4.69, 9.17) is 5.73 Å². The standard InChI is InChI=1S/C13H15F2NO/c14-11-4-1-8(5-12(11)15)6-13(17)9-2-3-10(16)7-9/h1,4-5,9-10H,2-3,6-7,16H2. The first-order valence-electron chi connectivity index (χ1n) is 5.78. The van der Waals surface area contributed by atoms with Gasteiger partial charge in [0.2, 0.25) is 0 Å². The molecule has 4 heteroatoms. The second-order valence-electron chi connectivity index (χ2n) is 4.66. The molecule has 2 rings (SSSR count). The van der Waals surface area contributed by atoms with Crippen molar-refractivity contribution in [3.8, 4) is 0 Å². The van der Waals surface area contributed by atoms with Gasteiger partial charge in [-0.15, -0.1) is 0 Å². The monoisotopic (exact) mass is 239 g/mol. The SMILES string of the molecule is NC1CCC(C(=O)Cc2ccc(F)c(F)c2)C1. The summed E-state index contributed by atoms with van der Waals surface area (Å²) in [5, 5.41) is 0. The molecule has 0 aromatic heterocycles. The van der Waals surface area contributed by atoms with E-state index in [0.29, 0.717) is 12.0 Å². The molecule has 0 heterocycles. The Kier molecular flexibility index (Phi) is 3.52. The fraction of sp³-hybridized carbons (Fsp3) is 0.462. The highest BCUT2D eigenvalue weighted by Crippen LogP contribution is 2.26. The zero-order chi connectivity index (χ0) is 12.4. The van der Waals surface area contributed by atoms with Gasteiger partial charge in [0, 0.05) is 18.4 Å². The molecule has 0 spiro atoms. The predicted octanol–water partition coefficient (Wildman–Crippen LogP) is 2.20. The average Bonchev–Trinajstić information content (AvgIpc) is 2.70. The van der Waals surface area contributed by atoms with E-state index in [2.05, 4.69) is 0 Å². The third-order valence-electron chi connectivity index (χ3n) is 3.29. The van der Waals surface area contributed by atoms with Crippen LogP contribution in [0, 0.1) is 17.6 Å². The van der Waals surface area contributed by atoms with Crippen LogP contribution >= 0.6 is 0 Å². The van der Waals surface area contributed by atoms with Gasteiger partial charge in [0.1, 0.15) is 5.78 Å². The van der Waals surface area contributed by atoms with Gasteiger partial charge in [-0.1, -0.05) is 6.07 Å². The molecular formula is C13H15F2NO. The summed E-state index contributed by atoms with van der Waals surface area (Å²) in [7, 11) is 0. The number of carbonyl (C=O) groups excluding carboxylic acids is 1. The number of Topliss-reactive ketones (excluding diaryl/α,β-unsaturated/α-hetero) is 1. The highest BCUT2D eigenvalue weighted by molar-refractivity contribution is 5.83. The van der Waals surface area contributed by atoms with Crippen LogP contribution in [-0.2, 0) is 11.2 Å². The molecule has 0 radical (unpaired) electrons. The number of hydrogen-bond donors (Lipinski definition) is 1. The second kappa shape index (κ2) is 4.92. The van der Waals surface area contributed by atoms with Gasteiger partial charge < -0.3 is 5.73 Å². The fourth-order valence-electron chi connectivity index (χ4n) is 2.30. The number of rotatable bonds is 3. The van der Waals surface area contributed by atoms with E-state index in [-0.39, 0.29) is 24.2 Å². The van der Waals surface area contributed by atoms with Gasteiger partial charge in [-0.2, -0.15) is 0 Å². The summed E-state index contributed by atoms with van der Waals surface area (Å²) in [6.07, 6.45) is 2.55. The summed E-state index contributed by atoms with van der Waals surface area (Å²) >= 11 is 0. The Morgan fingerprint density at radius 3 is 2.65 bits per heavy atom. The van der Waals surface area contributed by atoms with Crippen molar-refractivity contribution in [2.24, 2.45) is 11.7 Å². The van der Waals surface area contributed by atoms with E-state index < -0.39 is 11.6 Å². The molecule has 17 heavy (non-hydrogen) atoms. The van der Waals surface area contributed by atoms with E-state index in [1.165, 1.54) is 6.07 Å². The van der Waals surface area contributed by atoms with E-state index in [1.54, 1.807) is 0 Å². The third kappa shape index (κ3) is 2.88. The van der Waals surface area contributed by atoms with Crippen molar-refractivity contribution in [1.29, 1.82) is 0 Å². The van der Waals surface area contributed by atoms with Gasteiger partial charge in [0.15, 0.2) is 11.6 Å². The summed E-state index contributed by atoms with van der Waals surface area (Å²) < 4.78 is 25.7. The van der Waals surface area contributed by atoms with Gasteiger partial charge in [0.05, 0.1) is 0 Å². The van der Waals surface area contributed by atoms with E-state index >= 15 is 0 Å². The van der Waals surface area contributed by atoms with Crippen LogP contribution in [0.2, 0.25) is 0 Å². The summed E-state index contributed by atoms with van der Waals surface area (Å²) in [4.78, 5) is 11.9. The summed E-state index contributed by atoms with van der Waals surface area (Å²) in [6.45, 7) is 0. The highest BCUT2D eigenvalue weighted by Gasteiger charge is 2.27. The molecule has 1 fully saturated rings. The predicted molar refractivity (Wildman–Crippen MR) is 60.4 cm³/mol. The van der Waals surface area contributed by atoms with Gasteiger partial charge in [-0.3, -0.25) is 4.79 Å². The van der Waals surface area contributed by atoms with Crippen molar-refractivity contribution in [2.75, 3.05) is 0 Å². The molecule has 0 amide bonds. The van der Waals surface area contributed by atoms with Crippen molar-refractivity contribution in [3.63, 3.8) is 0 Å². The van der Waals surface area contributed by atoms with Crippen LogP contribution in [0.3, 0.4) is 0 Å². The lowest BCUT2D eigenvalue weighted by molar-refractivity contribution is -0.122. The lowest BCUT2D eigenvalue weighted by Gasteiger charge is -2.08. The summed E-state index contributed by atoms with van der Waals surface area (Å²) in [5.74, 6) is -1.73. The minimum absolute atomic E-state index is 0.0156. The molecule has 1 aliphatic carbocycles. The van der Waals surface area contributed by atoms with Gasteiger partial charge >= 0.3 is 0 Å². The van der Waals surface area contributed by atoms with Crippen molar-refractivity contribution >= 4 is 5.78 Å². The van der Waals surface area contributed by atoms with Gasteiger partial charge in [0.25, 0.3) is 0 Å². The summed E-state index contributed by atoms with van der Waals surface area (Å²) in [5.41, 5.74) is 6.26. The molecule has 1 saturated carbocycles. The van der Waals surface area contributed by atoms with Crippen LogP contribution < -0.4 is 5.73 Å². The van der Waals surface area contributed by atoms with Crippen LogP contribution in [0.5, 0.6) is 0 Å². The van der Waals surface area contributed by atoms with Gasteiger partial charge in [-0.25, -0.2) is 8.78 Å². The number of benzene rings is 1. The lowest BCUT2D eigenvalue weighted by atomic mass is 9.96. The Morgan fingerprint density at radius 2 is 2.06 bits per heavy atom. The van der Waals surface area contributed by atoms with Crippen LogP contribution in [0.25, 0.3) is 0 Å². The zero-order valence-electron chi connectivity index (χ0n) is 9.46. The molecule has 0 aliphatic heterocycles. The zero-order valence-corrected chi connectivity index (χ0v) is 9.46. The second-order valence-corrected chi connectivity index (χ2v) is 4.66. The van der Waals surface area contributed by atoms with Crippen molar-refractivity contribution < 1.29 is 13.6 Å². The number of halogens is 2. The molecule has 1 aliphatic rings. The topological polar surface area (TPSA) is 43.1 Å². The molecule has 2 N–H and O–H groups in total. The van der Waals surface area contributed by atoms with Gasteiger partial charge in [-0.05, 0) is 37.0 Å². The Labute approximate surface area is 98.8 Å². The average molecular weight is 239 g/mol. The first-order valence-corrected chi connectivity index (χ1v) is 5.78. The molecular weight excluding hydrogens is 224 g/mol. The number of carbonyl (C=O) groups is 1. The Bertz CT molecular complexity index is 433. The minimum atomic E-state index is -0.904. The van der Waals surface area contributed by atoms with E-state index in [1.807, 2.05) is 0 Å². The Balaban J connectivity index is 2.00. The highest BCUT2D eigenvalue weighted by atomic mass is 19.2. The number of ketones is 1. The van der Waals surface area contributed by atoms with Crippen LogP contribution in [0.1, 0.15) is 24.8 Å². The molecule has 1 aromatic carbocycles. The Morgan fingerprint density at radius 1 is 1.29 bits per heavy atom. The molecule has 0 bridgehead atoms. The molecule has 92 valence electrons. The normalized spacial score (nSPS) is 23.9. The maximum atomic E-state index is 13.0. The third-order valence-corrected chi connectivity index (χ3v) is 3.29. The van der Waals surface area contributed by atoms with E-state index in [0.717, 1.165) is 25.0 Å². The minimum Gasteiger partial charge on any atom is -0.328 e. The fourth-order valence-corrected chi connectivity index (χ4v) is 2.30. The van der Waals surface area contributed by atoms with Crippen LogP contribution in [0.4, 0.5) is 8.78 Å². The Hall–Kier alpha value is -1.29. The van der Waals surface area contributed by atoms with Crippen molar-refractivity contribution in [2.45, 2.75) is 31.7 Å². The van der Waals surface area contributed by atoms with E-state index in [9.17, 15) is 13.6 Å². The summed E-state index contributed by atoms with van der Waals surface area (Å²) in [6, 6.07) is 3.69. The van der Waals surface area contributed by atoms with Crippen LogP contribution in [-0.4, -0.2) is 11.8 Å². The quantitative estimate of drug-likeness (QED) is 0.878. The first kappa shape index (κ1) is 12.2. The number of hydrogen-bond acceptors (Lipinski definition) is 2. The smallest absolute Gasteiger partial charge is 0.159 e. The van der Waals surface area contributed by atoms with Crippen molar-refractivity contribution in [3.05, 3.63) is 35.4 Å².